The standard InChI is InChI=1S/C8H14N2.C2H6/c1-8(2,3)7-5-6-10(4)9-7;1-2/h5-6H,1-4H3;1-2H3. The number of aryl methyl sites for hydroxylation is 1. The number of aromatic nitrogens is 2. The Labute approximate surface area is 75.6 Å². The van der Waals surface area contributed by atoms with E-state index in [0.717, 1.165) is 5.69 Å². The van der Waals surface area contributed by atoms with Crippen molar-refractivity contribution in [1.29, 1.82) is 0 Å². The van der Waals surface area contributed by atoms with Crippen LogP contribution in [0.4, 0.5) is 0 Å². The highest BCUT2D eigenvalue weighted by Crippen LogP contribution is 2.18. The summed E-state index contributed by atoms with van der Waals surface area (Å²) in [5.74, 6) is 0. The van der Waals surface area contributed by atoms with Gasteiger partial charge in [-0.05, 0) is 6.07 Å². The molecule has 0 amide bonds. The first kappa shape index (κ1) is 11.2. The van der Waals surface area contributed by atoms with E-state index in [1.807, 2.05) is 31.8 Å². The van der Waals surface area contributed by atoms with Gasteiger partial charge in [0.25, 0.3) is 0 Å². The fourth-order valence-electron chi connectivity index (χ4n) is 0.815. The third kappa shape index (κ3) is 3.07. The van der Waals surface area contributed by atoms with Gasteiger partial charge in [0.05, 0.1) is 5.69 Å². The van der Waals surface area contributed by atoms with Crippen LogP contribution < -0.4 is 0 Å². The molecule has 1 rings (SSSR count). The Balaban J connectivity index is 0.000000561. The molecular formula is C10H20N2. The molecule has 0 radical (unpaired) electrons. The van der Waals surface area contributed by atoms with E-state index in [1.54, 1.807) is 0 Å². The highest BCUT2D eigenvalue weighted by atomic mass is 15.2. The molecule has 70 valence electrons. The molecule has 0 saturated heterocycles. The van der Waals surface area contributed by atoms with Gasteiger partial charge in [0.1, 0.15) is 0 Å². The van der Waals surface area contributed by atoms with Crippen LogP contribution >= 0.6 is 0 Å². The molecule has 0 aromatic carbocycles. The van der Waals surface area contributed by atoms with E-state index in [2.05, 4.69) is 31.9 Å². The lowest BCUT2D eigenvalue weighted by molar-refractivity contribution is 0.553. The molecule has 0 aliphatic heterocycles. The van der Waals surface area contributed by atoms with Gasteiger partial charge < -0.3 is 0 Å². The SMILES string of the molecule is CC.Cn1ccc(C(C)(C)C)n1. The van der Waals surface area contributed by atoms with Crippen molar-refractivity contribution < 1.29 is 0 Å². The van der Waals surface area contributed by atoms with Crippen molar-refractivity contribution >= 4 is 0 Å². The lowest BCUT2D eigenvalue weighted by Gasteiger charge is -2.13. The Morgan fingerprint density at radius 2 is 1.75 bits per heavy atom. The predicted octanol–water partition coefficient (Wildman–Crippen LogP) is 2.74. The number of hydrogen-bond donors (Lipinski definition) is 0. The van der Waals surface area contributed by atoms with E-state index in [9.17, 15) is 0 Å². The van der Waals surface area contributed by atoms with E-state index >= 15 is 0 Å². The van der Waals surface area contributed by atoms with Crippen molar-refractivity contribution in [2.24, 2.45) is 7.05 Å². The van der Waals surface area contributed by atoms with Crippen molar-refractivity contribution in [3.63, 3.8) is 0 Å². The zero-order valence-electron chi connectivity index (χ0n) is 9.05. The molecular weight excluding hydrogens is 148 g/mol. The van der Waals surface area contributed by atoms with E-state index in [4.69, 9.17) is 0 Å². The third-order valence-corrected chi connectivity index (χ3v) is 1.48. The molecule has 0 atom stereocenters. The van der Waals surface area contributed by atoms with E-state index < -0.39 is 0 Å². The maximum absolute atomic E-state index is 4.30. The van der Waals surface area contributed by atoms with Gasteiger partial charge in [-0.25, -0.2) is 0 Å². The van der Waals surface area contributed by atoms with Crippen molar-refractivity contribution in [1.82, 2.24) is 9.78 Å². The van der Waals surface area contributed by atoms with Gasteiger partial charge in [0.15, 0.2) is 0 Å². The summed E-state index contributed by atoms with van der Waals surface area (Å²) in [6.45, 7) is 10.5. The van der Waals surface area contributed by atoms with Gasteiger partial charge in [0.2, 0.25) is 0 Å². The van der Waals surface area contributed by atoms with Crippen LogP contribution in [0.3, 0.4) is 0 Å². The lowest BCUT2D eigenvalue weighted by Crippen LogP contribution is -2.12. The van der Waals surface area contributed by atoms with E-state index in [1.165, 1.54) is 0 Å². The van der Waals surface area contributed by atoms with Crippen LogP contribution in [0.5, 0.6) is 0 Å². The van der Waals surface area contributed by atoms with Crippen LogP contribution in [0.2, 0.25) is 0 Å². The number of rotatable bonds is 0. The largest absolute Gasteiger partial charge is 0.276 e. The molecule has 0 aliphatic carbocycles. The van der Waals surface area contributed by atoms with Crippen molar-refractivity contribution in [2.75, 3.05) is 0 Å². The van der Waals surface area contributed by atoms with Gasteiger partial charge in [0, 0.05) is 18.7 Å². The second kappa shape index (κ2) is 4.29. The summed E-state index contributed by atoms with van der Waals surface area (Å²) in [5.41, 5.74) is 1.33. The Morgan fingerprint density at radius 3 is 1.92 bits per heavy atom. The molecule has 1 heterocycles. The normalized spacial score (nSPS) is 10.5. The smallest absolute Gasteiger partial charge is 0.0677 e. The molecule has 0 fully saturated rings. The maximum Gasteiger partial charge on any atom is 0.0677 e. The molecule has 0 aliphatic rings. The number of nitrogens with zero attached hydrogens (tertiary/aromatic N) is 2. The Hall–Kier alpha value is -0.790. The summed E-state index contributed by atoms with van der Waals surface area (Å²) in [7, 11) is 1.94. The molecule has 0 unspecified atom stereocenters. The predicted molar refractivity (Wildman–Crippen MR) is 53.3 cm³/mol. The summed E-state index contributed by atoms with van der Waals surface area (Å²) in [4.78, 5) is 0. The molecule has 1 aromatic heterocycles. The average molecular weight is 168 g/mol. The minimum Gasteiger partial charge on any atom is -0.276 e. The first-order valence-corrected chi connectivity index (χ1v) is 4.50. The van der Waals surface area contributed by atoms with Crippen LogP contribution in [0, 0.1) is 0 Å². The fraction of sp³-hybridized carbons (Fsp3) is 0.700. The van der Waals surface area contributed by atoms with Crippen molar-refractivity contribution in [2.45, 2.75) is 40.0 Å². The zero-order chi connectivity index (χ0) is 9.78. The van der Waals surface area contributed by atoms with Gasteiger partial charge in [-0.1, -0.05) is 34.6 Å². The Bertz CT molecular complexity index is 218. The summed E-state index contributed by atoms with van der Waals surface area (Å²) in [6, 6.07) is 2.06. The van der Waals surface area contributed by atoms with Crippen molar-refractivity contribution in [3.8, 4) is 0 Å². The maximum atomic E-state index is 4.30. The van der Waals surface area contributed by atoms with Crippen molar-refractivity contribution in [3.05, 3.63) is 18.0 Å². The minimum absolute atomic E-state index is 0.182. The van der Waals surface area contributed by atoms with Gasteiger partial charge in [-0.15, -0.1) is 0 Å². The molecule has 1 aromatic rings. The van der Waals surface area contributed by atoms with Crippen LogP contribution in [0.25, 0.3) is 0 Å². The second-order valence-corrected chi connectivity index (χ2v) is 3.62. The lowest BCUT2D eigenvalue weighted by atomic mass is 9.93. The van der Waals surface area contributed by atoms with E-state index in [0.29, 0.717) is 0 Å². The molecule has 0 N–H and O–H groups in total. The fourth-order valence-corrected chi connectivity index (χ4v) is 0.815. The second-order valence-electron chi connectivity index (χ2n) is 3.62. The molecule has 2 nitrogen and oxygen atoms in total. The summed E-state index contributed by atoms with van der Waals surface area (Å²) in [6.07, 6.45) is 1.97. The van der Waals surface area contributed by atoms with E-state index in [-0.39, 0.29) is 5.41 Å². The monoisotopic (exact) mass is 168 g/mol. The van der Waals surface area contributed by atoms with Gasteiger partial charge >= 0.3 is 0 Å². The summed E-state index contributed by atoms with van der Waals surface area (Å²) in [5, 5.41) is 4.30. The first-order chi connectivity index (χ1) is 5.50. The van der Waals surface area contributed by atoms with Crippen LogP contribution in [-0.4, -0.2) is 9.78 Å². The van der Waals surface area contributed by atoms with Crippen LogP contribution in [-0.2, 0) is 12.5 Å². The molecule has 12 heavy (non-hydrogen) atoms. The number of hydrogen-bond acceptors (Lipinski definition) is 1. The van der Waals surface area contributed by atoms with Crippen LogP contribution in [0.1, 0.15) is 40.3 Å². The minimum atomic E-state index is 0.182. The highest BCUT2D eigenvalue weighted by Gasteiger charge is 2.15. The van der Waals surface area contributed by atoms with Gasteiger partial charge in [-0.2, -0.15) is 5.10 Å². The quantitative estimate of drug-likeness (QED) is 0.582. The Kier molecular flexibility index (Phi) is 4.01. The molecule has 0 spiro atoms. The highest BCUT2D eigenvalue weighted by molar-refractivity contribution is 5.09. The molecule has 0 saturated carbocycles. The molecule has 0 bridgehead atoms. The zero-order valence-corrected chi connectivity index (χ0v) is 9.05. The first-order valence-electron chi connectivity index (χ1n) is 4.50. The third-order valence-electron chi connectivity index (χ3n) is 1.48. The topological polar surface area (TPSA) is 17.8 Å². The Morgan fingerprint density at radius 1 is 1.25 bits per heavy atom. The summed E-state index contributed by atoms with van der Waals surface area (Å²) < 4.78 is 1.83. The average Bonchev–Trinajstić information content (AvgIpc) is 2.39. The van der Waals surface area contributed by atoms with Gasteiger partial charge in [-0.3, -0.25) is 4.68 Å². The van der Waals surface area contributed by atoms with Crippen LogP contribution in [0.15, 0.2) is 12.3 Å². The molecule has 2 heteroatoms. The summed E-state index contributed by atoms with van der Waals surface area (Å²) >= 11 is 0.